The zero-order valence-corrected chi connectivity index (χ0v) is 34.0. The van der Waals surface area contributed by atoms with Crippen LogP contribution in [0.15, 0.2) is 243 Å². The summed E-state index contributed by atoms with van der Waals surface area (Å²) in [5.74, 6) is 0. The molecule has 0 bridgehead atoms. The third-order valence-corrected chi connectivity index (χ3v) is 12.5. The second-order valence-corrected chi connectivity index (χ2v) is 16.1. The van der Waals surface area contributed by atoms with Gasteiger partial charge >= 0.3 is 0 Å². The first-order valence-corrected chi connectivity index (χ1v) is 21.3. The van der Waals surface area contributed by atoms with Crippen molar-refractivity contribution in [3.8, 4) is 39.1 Å². The number of hydrogen-bond acceptors (Lipinski definition) is 1. The fourth-order valence-corrected chi connectivity index (χ4v) is 9.73. The molecule has 2 heteroatoms. The van der Waals surface area contributed by atoms with Crippen LogP contribution in [0.25, 0.3) is 93.2 Å². The first-order valence-electron chi connectivity index (χ1n) is 21.3. The molecule has 0 atom stereocenters. The maximum atomic E-state index is 2.42. The highest BCUT2D eigenvalue weighted by molar-refractivity contribution is 6.21. The summed E-state index contributed by atoms with van der Waals surface area (Å²) in [7, 11) is 0. The Morgan fingerprint density at radius 2 is 0.774 bits per heavy atom. The maximum Gasteiger partial charge on any atom is 0.0547 e. The molecule has 0 aliphatic heterocycles. The van der Waals surface area contributed by atoms with E-state index in [9.17, 15) is 0 Å². The van der Waals surface area contributed by atoms with E-state index < -0.39 is 0 Å². The van der Waals surface area contributed by atoms with Gasteiger partial charge in [0.2, 0.25) is 0 Å². The zero-order valence-electron chi connectivity index (χ0n) is 34.0. The van der Waals surface area contributed by atoms with E-state index in [-0.39, 0.29) is 0 Å². The highest BCUT2D eigenvalue weighted by Gasteiger charge is 2.21. The monoisotopic (exact) mass is 788 g/mol. The lowest BCUT2D eigenvalue weighted by Gasteiger charge is -2.27. The molecule has 11 aromatic carbocycles. The molecule has 0 saturated heterocycles. The van der Waals surface area contributed by atoms with Crippen LogP contribution in [-0.2, 0) is 0 Å². The minimum Gasteiger partial charge on any atom is -0.310 e. The molecule has 0 aliphatic rings. The molecule has 2 nitrogen and oxygen atoms in total. The average Bonchev–Trinajstić information content (AvgIpc) is 3.70. The summed E-state index contributed by atoms with van der Waals surface area (Å²) in [6.45, 7) is 0. The van der Waals surface area contributed by atoms with Gasteiger partial charge in [-0.2, -0.15) is 0 Å². The van der Waals surface area contributed by atoms with E-state index in [2.05, 4.69) is 252 Å². The third kappa shape index (κ3) is 5.96. The molecule has 0 aliphatic carbocycles. The molecule has 0 amide bonds. The summed E-state index contributed by atoms with van der Waals surface area (Å²) in [6, 6.07) is 88.5. The Morgan fingerprint density at radius 1 is 0.274 bits per heavy atom. The molecule has 0 saturated carbocycles. The molecule has 0 spiro atoms. The summed E-state index contributed by atoms with van der Waals surface area (Å²) in [5, 5.41) is 9.97. The second-order valence-electron chi connectivity index (χ2n) is 16.1. The van der Waals surface area contributed by atoms with Crippen LogP contribution >= 0.6 is 0 Å². The first-order chi connectivity index (χ1) is 30.8. The number of para-hydroxylation sites is 1. The van der Waals surface area contributed by atoms with Gasteiger partial charge in [-0.05, 0) is 126 Å². The average molecular weight is 789 g/mol. The number of benzene rings is 11. The van der Waals surface area contributed by atoms with Crippen molar-refractivity contribution >= 4 is 71.2 Å². The van der Waals surface area contributed by atoms with Crippen molar-refractivity contribution < 1.29 is 0 Å². The van der Waals surface area contributed by atoms with Gasteiger partial charge in [0, 0.05) is 33.5 Å². The lowest BCUT2D eigenvalue weighted by molar-refractivity contribution is 1.18. The van der Waals surface area contributed by atoms with Crippen molar-refractivity contribution in [1.82, 2.24) is 4.57 Å². The van der Waals surface area contributed by atoms with Crippen LogP contribution in [0.4, 0.5) is 17.1 Å². The molecule has 1 heterocycles. The number of fused-ring (bicyclic) bond motifs is 7. The van der Waals surface area contributed by atoms with Crippen LogP contribution in [0.5, 0.6) is 0 Å². The molecule has 12 aromatic rings. The van der Waals surface area contributed by atoms with Crippen molar-refractivity contribution in [2.45, 2.75) is 0 Å². The predicted molar refractivity (Wildman–Crippen MR) is 264 cm³/mol. The Kier molecular flexibility index (Phi) is 8.53. The number of nitrogens with zero attached hydrogens (tertiary/aromatic N) is 2. The van der Waals surface area contributed by atoms with Gasteiger partial charge in [0.25, 0.3) is 0 Å². The quantitative estimate of drug-likeness (QED) is 0.146. The Hall–Kier alpha value is -8.20. The molecule has 12 rings (SSSR count). The van der Waals surface area contributed by atoms with E-state index in [0.29, 0.717) is 0 Å². The van der Waals surface area contributed by atoms with Gasteiger partial charge in [-0.1, -0.05) is 182 Å². The highest BCUT2D eigenvalue weighted by atomic mass is 15.1. The Bertz CT molecular complexity index is 3620. The summed E-state index contributed by atoms with van der Waals surface area (Å²) < 4.78 is 2.42. The summed E-state index contributed by atoms with van der Waals surface area (Å²) >= 11 is 0. The van der Waals surface area contributed by atoms with Crippen molar-refractivity contribution in [2.24, 2.45) is 0 Å². The van der Waals surface area contributed by atoms with Gasteiger partial charge in [-0.3, -0.25) is 0 Å². The van der Waals surface area contributed by atoms with Gasteiger partial charge in [0.15, 0.2) is 0 Å². The van der Waals surface area contributed by atoms with Crippen LogP contribution < -0.4 is 4.90 Å². The zero-order chi connectivity index (χ0) is 41.0. The fraction of sp³-hybridized carbons (Fsp3) is 0. The smallest absolute Gasteiger partial charge is 0.0547 e. The summed E-state index contributed by atoms with van der Waals surface area (Å²) in [4.78, 5) is 2.41. The van der Waals surface area contributed by atoms with Crippen LogP contribution in [0, 0.1) is 0 Å². The molecule has 62 heavy (non-hydrogen) atoms. The number of hydrogen-bond donors (Lipinski definition) is 0. The normalized spacial score (nSPS) is 11.5. The Morgan fingerprint density at radius 3 is 1.53 bits per heavy atom. The van der Waals surface area contributed by atoms with Crippen LogP contribution in [0.2, 0.25) is 0 Å². The van der Waals surface area contributed by atoms with E-state index in [0.717, 1.165) is 28.3 Å². The van der Waals surface area contributed by atoms with E-state index in [4.69, 9.17) is 0 Å². The molecular formula is C60H40N2. The van der Waals surface area contributed by atoms with Gasteiger partial charge in [0.05, 0.1) is 11.0 Å². The fourth-order valence-electron chi connectivity index (χ4n) is 9.73. The van der Waals surface area contributed by atoms with Crippen molar-refractivity contribution in [3.05, 3.63) is 243 Å². The SMILES string of the molecule is c1ccc(-c2cccc3c2c2c(-c4cccc(N(c5ccc(-c6cccc7ccccc67)cc5)c5ccc6c(ccc7ccccc76)c5)c4)cccc2n3-c2ccccc2)cc1. The van der Waals surface area contributed by atoms with E-state index >= 15 is 0 Å². The largest absolute Gasteiger partial charge is 0.310 e. The third-order valence-electron chi connectivity index (χ3n) is 12.5. The molecule has 290 valence electrons. The van der Waals surface area contributed by atoms with Crippen molar-refractivity contribution in [3.63, 3.8) is 0 Å². The molecule has 0 unspecified atom stereocenters. The molecule has 0 fully saturated rings. The van der Waals surface area contributed by atoms with Crippen molar-refractivity contribution in [2.75, 3.05) is 4.90 Å². The van der Waals surface area contributed by atoms with E-state index in [1.165, 1.54) is 81.9 Å². The van der Waals surface area contributed by atoms with Gasteiger partial charge in [-0.15, -0.1) is 0 Å². The van der Waals surface area contributed by atoms with Crippen LogP contribution in [0.3, 0.4) is 0 Å². The highest BCUT2D eigenvalue weighted by Crippen LogP contribution is 2.45. The summed E-state index contributed by atoms with van der Waals surface area (Å²) in [5.41, 5.74) is 14.0. The molecule has 0 radical (unpaired) electrons. The molecule has 1 aromatic heterocycles. The van der Waals surface area contributed by atoms with Crippen LogP contribution in [0.1, 0.15) is 0 Å². The number of rotatable bonds is 7. The lowest BCUT2D eigenvalue weighted by Crippen LogP contribution is -2.10. The van der Waals surface area contributed by atoms with Crippen molar-refractivity contribution in [1.29, 1.82) is 0 Å². The summed E-state index contributed by atoms with van der Waals surface area (Å²) in [6.07, 6.45) is 0. The number of aromatic nitrogens is 1. The van der Waals surface area contributed by atoms with Gasteiger partial charge in [0.1, 0.15) is 0 Å². The van der Waals surface area contributed by atoms with Gasteiger partial charge in [-0.25, -0.2) is 0 Å². The Balaban J connectivity index is 1.06. The van der Waals surface area contributed by atoms with E-state index in [1.807, 2.05) is 0 Å². The minimum atomic E-state index is 1.09. The van der Waals surface area contributed by atoms with Gasteiger partial charge < -0.3 is 9.47 Å². The minimum absolute atomic E-state index is 1.09. The molecular weight excluding hydrogens is 749 g/mol. The first kappa shape index (κ1) is 35.7. The Labute approximate surface area is 360 Å². The predicted octanol–water partition coefficient (Wildman–Crippen LogP) is 16.7. The lowest BCUT2D eigenvalue weighted by atomic mass is 9.94. The topological polar surface area (TPSA) is 8.17 Å². The second kappa shape index (κ2) is 14.8. The van der Waals surface area contributed by atoms with Crippen LogP contribution in [-0.4, -0.2) is 4.57 Å². The maximum absolute atomic E-state index is 2.42. The van der Waals surface area contributed by atoms with E-state index in [1.54, 1.807) is 0 Å². The standard InChI is InChI=1S/C60H40N2/c1-3-15-42(16-4-1)55-27-13-29-57-59(55)60-56(28-14-30-58(60)62(57)47-21-5-2-6-22-47)45-20-11-23-49(39-45)61(50-37-38-54-46(40-50)32-31-43-18-8-10-25-52(43)54)48-35-33-44(34-36-48)53-26-12-19-41-17-7-9-24-51(41)53/h1-40H. The number of anilines is 3. The molecule has 0 N–H and O–H groups in total.